The molecule has 184 valence electrons. The van der Waals surface area contributed by atoms with Crippen LogP contribution in [0, 0.1) is 0 Å². The van der Waals surface area contributed by atoms with Crippen LogP contribution in [-0.2, 0) is 12.4 Å². The predicted molar refractivity (Wildman–Crippen MR) is 117 cm³/mol. The zero-order chi connectivity index (χ0) is 25.2. The summed E-state index contributed by atoms with van der Waals surface area (Å²) in [6, 6.07) is 13.3. The van der Waals surface area contributed by atoms with E-state index in [-0.39, 0.29) is 19.2 Å². The quantitative estimate of drug-likeness (QED) is 0.485. The van der Waals surface area contributed by atoms with Crippen LogP contribution >= 0.6 is 0 Å². The molecule has 1 saturated heterocycles. The summed E-state index contributed by atoms with van der Waals surface area (Å²) >= 11 is 0. The van der Waals surface area contributed by atoms with Crippen molar-refractivity contribution in [1.82, 2.24) is 15.1 Å². The summed E-state index contributed by atoms with van der Waals surface area (Å²) in [7, 11) is 0. The van der Waals surface area contributed by atoms with E-state index in [1.54, 1.807) is 6.07 Å². The molecule has 0 spiro atoms. The zero-order valence-corrected chi connectivity index (χ0v) is 18.1. The van der Waals surface area contributed by atoms with Crippen molar-refractivity contribution >= 4 is 17.5 Å². The van der Waals surface area contributed by atoms with Crippen LogP contribution in [0.3, 0.4) is 0 Å². The van der Waals surface area contributed by atoms with E-state index in [0.717, 1.165) is 5.56 Å². The average Bonchev–Trinajstić information content (AvgIpc) is 2.83. The molecule has 3 aromatic rings. The maximum Gasteiger partial charge on any atom is 0.416 e. The number of carbonyl (C=O) groups is 1. The number of hydrogen-bond donors (Lipinski definition) is 1. The van der Waals surface area contributed by atoms with Crippen LogP contribution in [0.15, 0.2) is 60.7 Å². The van der Waals surface area contributed by atoms with Gasteiger partial charge in [0.1, 0.15) is 0 Å². The highest BCUT2D eigenvalue weighted by molar-refractivity contribution is 5.89. The van der Waals surface area contributed by atoms with Crippen LogP contribution in [0.1, 0.15) is 11.1 Å². The van der Waals surface area contributed by atoms with Crippen molar-refractivity contribution in [1.29, 1.82) is 0 Å². The van der Waals surface area contributed by atoms with Gasteiger partial charge in [0.15, 0.2) is 5.82 Å². The number of carbonyl (C=O) groups excluding carboxylic acids is 1. The molecular formula is C23H19F6N5O. The van der Waals surface area contributed by atoms with Gasteiger partial charge in [0.05, 0.1) is 16.8 Å². The lowest BCUT2D eigenvalue weighted by molar-refractivity contribution is -0.143. The first-order valence-electron chi connectivity index (χ1n) is 10.5. The molecule has 35 heavy (non-hydrogen) atoms. The maximum absolute atomic E-state index is 13.0. The van der Waals surface area contributed by atoms with Gasteiger partial charge < -0.3 is 15.1 Å². The Balaban J connectivity index is 1.40. The van der Waals surface area contributed by atoms with Crippen molar-refractivity contribution in [2.24, 2.45) is 0 Å². The third kappa shape index (κ3) is 5.81. The summed E-state index contributed by atoms with van der Waals surface area (Å²) in [6.45, 7) is 1.12. The second kappa shape index (κ2) is 9.43. The number of anilines is 2. The van der Waals surface area contributed by atoms with Gasteiger partial charge in [-0.2, -0.15) is 26.3 Å². The van der Waals surface area contributed by atoms with Crippen LogP contribution in [0.25, 0.3) is 11.3 Å². The van der Waals surface area contributed by atoms with Gasteiger partial charge in [0.25, 0.3) is 0 Å². The number of benzene rings is 2. The molecular weight excluding hydrogens is 476 g/mol. The first kappa shape index (κ1) is 24.3. The van der Waals surface area contributed by atoms with E-state index in [2.05, 4.69) is 15.5 Å². The van der Waals surface area contributed by atoms with Crippen molar-refractivity contribution < 1.29 is 31.1 Å². The Morgan fingerprint density at radius 2 is 1.37 bits per heavy atom. The van der Waals surface area contributed by atoms with Gasteiger partial charge in [-0.3, -0.25) is 0 Å². The topological polar surface area (TPSA) is 61.4 Å². The summed E-state index contributed by atoms with van der Waals surface area (Å²) in [5.41, 5.74) is -1.96. The Kier molecular flexibility index (Phi) is 6.55. The smallest absolute Gasteiger partial charge is 0.352 e. The number of aromatic nitrogens is 2. The molecule has 2 aromatic carbocycles. The molecule has 1 N–H and O–H groups in total. The van der Waals surface area contributed by atoms with Gasteiger partial charge in [-0.1, -0.05) is 30.3 Å². The number of hydrogen-bond acceptors (Lipinski definition) is 4. The normalized spacial score (nSPS) is 14.7. The lowest BCUT2D eigenvalue weighted by atomic mass is 10.1. The molecule has 6 nitrogen and oxygen atoms in total. The number of halogens is 6. The van der Waals surface area contributed by atoms with Crippen molar-refractivity contribution in [3.63, 3.8) is 0 Å². The van der Waals surface area contributed by atoms with E-state index >= 15 is 0 Å². The maximum atomic E-state index is 13.0. The highest BCUT2D eigenvalue weighted by Gasteiger charge is 2.37. The fraction of sp³-hybridized carbons (Fsp3) is 0.261. The number of nitrogens with zero attached hydrogens (tertiary/aromatic N) is 4. The van der Waals surface area contributed by atoms with Gasteiger partial charge in [0, 0.05) is 37.4 Å². The van der Waals surface area contributed by atoms with Gasteiger partial charge >= 0.3 is 18.4 Å². The number of nitrogens with one attached hydrogen (secondary N) is 1. The molecule has 1 aromatic heterocycles. The zero-order valence-electron chi connectivity index (χ0n) is 18.1. The van der Waals surface area contributed by atoms with Gasteiger partial charge in [-0.15, -0.1) is 10.2 Å². The van der Waals surface area contributed by atoms with Crippen LogP contribution in [0.5, 0.6) is 0 Å². The summed E-state index contributed by atoms with van der Waals surface area (Å²) in [5.74, 6) is 0.595. The Morgan fingerprint density at radius 3 is 1.89 bits per heavy atom. The van der Waals surface area contributed by atoms with E-state index < -0.39 is 35.2 Å². The lowest BCUT2D eigenvalue weighted by Crippen LogP contribution is -2.50. The Labute approximate surface area is 196 Å². The van der Waals surface area contributed by atoms with Gasteiger partial charge in [-0.05, 0) is 30.3 Å². The first-order valence-corrected chi connectivity index (χ1v) is 10.5. The Morgan fingerprint density at radius 1 is 0.771 bits per heavy atom. The summed E-state index contributed by atoms with van der Waals surface area (Å²) in [5, 5.41) is 10.6. The molecule has 0 saturated carbocycles. The van der Waals surface area contributed by atoms with Crippen molar-refractivity contribution in [3.05, 3.63) is 71.8 Å². The van der Waals surface area contributed by atoms with E-state index in [1.165, 1.54) is 4.90 Å². The van der Waals surface area contributed by atoms with E-state index in [9.17, 15) is 31.1 Å². The summed E-state index contributed by atoms with van der Waals surface area (Å²) in [4.78, 5) is 15.7. The Hall–Kier alpha value is -3.83. The standard InChI is InChI=1S/C23H19F6N5O/c24-22(25,26)16-12-17(23(27,28)29)14-18(13-16)30-21(35)34-10-8-33(9-11-34)20-7-6-19(31-32-20)15-4-2-1-3-5-15/h1-7,12-14H,8-11H2,(H,30,35). The highest BCUT2D eigenvalue weighted by atomic mass is 19.4. The average molecular weight is 495 g/mol. The van der Waals surface area contributed by atoms with Gasteiger partial charge in [0.2, 0.25) is 0 Å². The van der Waals surface area contributed by atoms with E-state index in [1.807, 2.05) is 41.3 Å². The van der Waals surface area contributed by atoms with Crippen molar-refractivity contribution in [2.45, 2.75) is 12.4 Å². The van der Waals surface area contributed by atoms with Crippen LogP contribution in [0.4, 0.5) is 42.6 Å². The monoisotopic (exact) mass is 495 g/mol. The molecule has 0 atom stereocenters. The molecule has 12 heteroatoms. The molecule has 1 fully saturated rings. The van der Waals surface area contributed by atoms with E-state index in [4.69, 9.17) is 0 Å². The minimum absolute atomic E-state index is 0.0124. The van der Waals surface area contributed by atoms with Crippen LogP contribution < -0.4 is 10.2 Å². The molecule has 0 aliphatic carbocycles. The molecule has 1 aliphatic rings. The Bertz CT molecular complexity index is 1140. The predicted octanol–water partition coefficient (Wildman–Crippen LogP) is 5.54. The van der Waals surface area contributed by atoms with E-state index in [0.29, 0.717) is 36.7 Å². The third-order valence-corrected chi connectivity index (χ3v) is 5.45. The fourth-order valence-electron chi connectivity index (χ4n) is 3.63. The minimum Gasteiger partial charge on any atom is -0.352 e. The molecule has 0 bridgehead atoms. The number of amides is 2. The molecule has 1 aliphatic heterocycles. The number of alkyl halides is 6. The highest BCUT2D eigenvalue weighted by Crippen LogP contribution is 2.37. The number of rotatable bonds is 3. The third-order valence-electron chi connectivity index (χ3n) is 5.45. The minimum atomic E-state index is -5.00. The SMILES string of the molecule is O=C(Nc1cc(C(F)(F)F)cc(C(F)(F)F)c1)N1CCN(c2ccc(-c3ccccc3)nn2)CC1. The second-order valence-electron chi connectivity index (χ2n) is 7.84. The number of urea groups is 1. The lowest BCUT2D eigenvalue weighted by Gasteiger charge is -2.35. The van der Waals surface area contributed by atoms with Crippen LogP contribution in [0.2, 0.25) is 0 Å². The molecule has 0 radical (unpaired) electrons. The second-order valence-corrected chi connectivity index (χ2v) is 7.84. The molecule has 0 unspecified atom stereocenters. The first-order chi connectivity index (χ1) is 16.5. The largest absolute Gasteiger partial charge is 0.416 e. The summed E-state index contributed by atoms with van der Waals surface area (Å²) in [6.07, 6.45) is -9.99. The molecule has 2 heterocycles. The van der Waals surface area contributed by atoms with Gasteiger partial charge in [-0.25, -0.2) is 4.79 Å². The molecule has 2 amide bonds. The van der Waals surface area contributed by atoms with Crippen molar-refractivity contribution in [3.8, 4) is 11.3 Å². The number of piperazine rings is 1. The van der Waals surface area contributed by atoms with Crippen molar-refractivity contribution in [2.75, 3.05) is 36.4 Å². The fourth-order valence-corrected chi connectivity index (χ4v) is 3.63. The van der Waals surface area contributed by atoms with Crippen LogP contribution in [-0.4, -0.2) is 47.3 Å². The summed E-state index contributed by atoms with van der Waals surface area (Å²) < 4.78 is 78.3. The molecule has 4 rings (SSSR count).